The van der Waals surface area contributed by atoms with E-state index in [4.69, 9.17) is 5.32 Å². The Morgan fingerprint density at radius 1 is 0.850 bits per heavy atom. The Hall–Kier alpha value is -2.54. The van der Waals surface area contributed by atoms with Crippen molar-refractivity contribution in [1.29, 1.82) is 0 Å². The summed E-state index contributed by atoms with van der Waals surface area (Å²) in [5.74, 6) is 0. The molecule has 1 nitrogen and oxygen atoms in total. The lowest BCUT2D eigenvalue weighted by Gasteiger charge is -2.07. The van der Waals surface area contributed by atoms with E-state index in [1.165, 1.54) is 16.3 Å². The van der Waals surface area contributed by atoms with Crippen LogP contribution in [0.15, 0.2) is 79.4 Å². The lowest BCUT2D eigenvalue weighted by molar-refractivity contribution is 1.18. The molecule has 0 unspecified atom stereocenters. The lowest BCUT2D eigenvalue weighted by atomic mass is 10.1. The van der Waals surface area contributed by atoms with Crippen LogP contribution in [0.5, 0.6) is 0 Å². The fourth-order valence-corrected chi connectivity index (χ4v) is 2.32. The van der Waals surface area contributed by atoms with Gasteiger partial charge in [-0.2, -0.15) is 0 Å². The van der Waals surface area contributed by atoms with Gasteiger partial charge in [-0.05, 0) is 35.6 Å². The van der Waals surface area contributed by atoms with Gasteiger partial charge in [0.15, 0.2) is 0 Å². The molecule has 0 N–H and O–H groups in total. The van der Waals surface area contributed by atoms with Gasteiger partial charge in [-0.25, -0.2) is 5.32 Å². The van der Waals surface area contributed by atoms with Gasteiger partial charge in [-0.3, -0.25) is 0 Å². The Kier molecular flexibility index (Phi) is 3.51. The van der Waals surface area contributed by atoms with E-state index >= 15 is 0 Å². The molecule has 3 rings (SSSR count). The summed E-state index contributed by atoms with van der Waals surface area (Å²) >= 11 is 0. The standard InChI is InChI=1S/C19H16N/c1-2-6-15-11-13-17(14-12-15)20-19-10-5-8-16-7-3-4-9-18(16)19/h2-5,7-14H,1,6H2. The number of fused-ring (bicyclic) bond motifs is 1. The normalized spacial score (nSPS) is 10.4. The van der Waals surface area contributed by atoms with Crippen LogP contribution in [-0.4, -0.2) is 0 Å². The Labute approximate surface area is 119 Å². The maximum atomic E-state index is 4.74. The highest BCUT2D eigenvalue weighted by Gasteiger charge is 2.02. The maximum absolute atomic E-state index is 4.74. The fraction of sp³-hybridized carbons (Fsp3) is 0.0526. The third-order valence-electron chi connectivity index (χ3n) is 3.33. The molecule has 97 valence electrons. The summed E-state index contributed by atoms with van der Waals surface area (Å²) in [6.07, 6.45) is 2.81. The molecule has 0 saturated carbocycles. The molecular weight excluding hydrogens is 242 g/mol. The van der Waals surface area contributed by atoms with Crippen LogP contribution < -0.4 is 5.32 Å². The minimum absolute atomic E-state index is 0.897. The van der Waals surface area contributed by atoms with Crippen molar-refractivity contribution in [2.24, 2.45) is 0 Å². The van der Waals surface area contributed by atoms with E-state index in [2.05, 4.69) is 67.2 Å². The van der Waals surface area contributed by atoms with Crippen LogP contribution in [-0.2, 0) is 6.42 Å². The third-order valence-corrected chi connectivity index (χ3v) is 3.33. The van der Waals surface area contributed by atoms with Crippen molar-refractivity contribution in [2.45, 2.75) is 6.42 Å². The first kappa shape index (κ1) is 12.5. The monoisotopic (exact) mass is 258 g/mol. The Balaban J connectivity index is 1.91. The Bertz CT molecular complexity index is 721. The first-order valence-corrected chi connectivity index (χ1v) is 6.76. The van der Waals surface area contributed by atoms with E-state index in [-0.39, 0.29) is 0 Å². The van der Waals surface area contributed by atoms with E-state index in [9.17, 15) is 0 Å². The van der Waals surface area contributed by atoms with Gasteiger partial charge in [0.2, 0.25) is 0 Å². The van der Waals surface area contributed by atoms with E-state index in [0.29, 0.717) is 0 Å². The highest BCUT2D eigenvalue weighted by atomic mass is 14.9. The van der Waals surface area contributed by atoms with Crippen LogP contribution in [0.4, 0.5) is 11.4 Å². The van der Waals surface area contributed by atoms with Crippen LogP contribution in [0.1, 0.15) is 5.56 Å². The number of hydrogen-bond acceptors (Lipinski definition) is 0. The summed E-state index contributed by atoms with van der Waals surface area (Å²) in [4.78, 5) is 0. The van der Waals surface area contributed by atoms with Crippen LogP contribution in [0, 0.1) is 0 Å². The smallest absolute Gasteiger partial charge is 0.0715 e. The van der Waals surface area contributed by atoms with Crippen molar-refractivity contribution in [2.75, 3.05) is 0 Å². The van der Waals surface area contributed by atoms with Gasteiger partial charge in [0.25, 0.3) is 0 Å². The van der Waals surface area contributed by atoms with Crippen molar-refractivity contribution < 1.29 is 0 Å². The third kappa shape index (κ3) is 2.57. The molecule has 0 saturated heterocycles. The zero-order valence-electron chi connectivity index (χ0n) is 11.3. The second-order valence-corrected chi connectivity index (χ2v) is 4.77. The molecule has 0 aliphatic rings. The topological polar surface area (TPSA) is 14.1 Å². The summed E-state index contributed by atoms with van der Waals surface area (Å²) in [5.41, 5.74) is 3.26. The average molecular weight is 258 g/mol. The van der Waals surface area contributed by atoms with Crippen molar-refractivity contribution in [3.8, 4) is 0 Å². The van der Waals surface area contributed by atoms with E-state index in [0.717, 1.165) is 17.8 Å². The summed E-state index contributed by atoms with van der Waals surface area (Å²) < 4.78 is 0. The van der Waals surface area contributed by atoms with E-state index in [1.54, 1.807) is 0 Å². The van der Waals surface area contributed by atoms with Gasteiger partial charge in [-0.15, -0.1) is 6.58 Å². The molecule has 0 heterocycles. The summed E-state index contributed by atoms with van der Waals surface area (Å²) in [6.45, 7) is 3.76. The Morgan fingerprint density at radius 2 is 1.60 bits per heavy atom. The molecule has 0 aliphatic carbocycles. The minimum atomic E-state index is 0.897. The van der Waals surface area contributed by atoms with Crippen molar-refractivity contribution >= 4 is 22.1 Å². The first-order valence-electron chi connectivity index (χ1n) is 6.76. The maximum Gasteiger partial charge on any atom is 0.0715 e. The molecule has 3 aromatic rings. The SMILES string of the molecule is C=CCc1ccc([N]c2cccc3ccccc23)cc1. The highest BCUT2D eigenvalue weighted by molar-refractivity contribution is 5.92. The molecule has 20 heavy (non-hydrogen) atoms. The van der Waals surface area contributed by atoms with Crippen LogP contribution in [0.25, 0.3) is 10.8 Å². The molecule has 0 aromatic heterocycles. The molecule has 1 heteroatoms. The molecule has 0 fully saturated rings. The summed E-state index contributed by atoms with van der Waals surface area (Å²) in [6, 6.07) is 22.9. The molecule has 0 aliphatic heterocycles. The van der Waals surface area contributed by atoms with Gasteiger partial charge in [0.1, 0.15) is 0 Å². The highest BCUT2D eigenvalue weighted by Crippen LogP contribution is 2.26. The van der Waals surface area contributed by atoms with Gasteiger partial charge in [0, 0.05) is 5.39 Å². The predicted octanol–water partition coefficient (Wildman–Crippen LogP) is 5.14. The van der Waals surface area contributed by atoms with Crippen LogP contribution >= 0.6 is 0 Å². The minimum Gasteiger partial charge on any atom is -0.248 e. The fourth-order valence-electron chi connectivity index (χ4n) is 2.32. The molecule has 0 bridgehead atoms. The van der Waals surface area contributed by atoms with Gasteiger partial charge in [0.05, 0.1) is 11.4 Å². The van der Waals surface area contributed by atoms with Gasteiger partial charge >= 0.3 is 0 Å². The zero-order valence-corrected chi connectivity index (χ0v) is 11.3. The number of nitrogens with zero attached hydrogens (tertiary/aromatic N) is 1. The second-order valence-electron chi connectivity index (χ2n) is 4.77. The number of hydrogen-bond donors (Lipinski definition) is 0. The molecule has 0 spiro atoms. The molecule has 0 atom stereocenters. The summed E-state index contributed by atoms with van der Waals surface area (Å²) in [5, 5.41) is 7.15. The molecule has 1 radical (unpaired) electrons. The van der Waals surface area contributed by atoms with Crippen LogP contribution in [0.3, 0.4) is 0 Å². The first-order chi connectivity index (χ1) is 9.86. The largest absolute Gasteiger partial charge is 0.248 e. The molecular formula is C19H16N. The van der Waals surface area contributed by atoms with Crippen molar-refractivity contribution in [1.82, 2.24) is 5.32 Å². The zero-order chi connectivity index (χ0) is 13.8. The quantitative estimate of drug-likeness (QED) is 0.575. The molecule has 0 amide bonds. The Morgan fingerprint density at radius 3 is 2.40 bits per heavy atom. The molecule has 3 aromatic carbocycles. The van der Waals surface area contributed by atoms with E-state index < -0.39 is 0 Å². The number of rotatable bonds is 4. The van der Waals surface area contributed by atoms with Gasteiger partial charge < -0.3 is 0 Å². The van der Waals surface area contributed by atoms with Crippen LogP contribution in [0.2, 0.25) is 0 Å². The summed E-state index contributed by atoms with van der Waals surface area (Å²) in [7, 11) is 0. The average Bonchev–Trinajstić information content (AvgIpc) is 2.50. The number of allylic oxidation sites excluding steroid dienone is 1. The predicted molar refractivity (Wildman–Crippen MR) is 85.7 cm³/mol. The van der Waals surface area contributed by atoms with Crippen molar-refractivity contribution in [3.63, 3.8) is 0 Å². The van der Waals surface area contributed by atoms with E-state index in [1.807, 2.05) is 12.1 Å². The second kappa shape index (κ2) is 5.62. The van der Waals surface area contributed by atoms with Crippen molar-refractivity contribution in [3.05, 3.63) is 84.9 Å². The van der Waals surface area contributed by atoms with Gasteiger partial charge in [-0.1, -0.05) is 54.6 Å². The lowest BCUT2D eigenvalue weighted by Crippen LogP contribution is -1.90. The number of benzene rings is 3.